The lowest BCUT2D eigenvalue weighted by Crippen LogP contribution is -2.56. The topological polar surface area (TPSA) is 120 Å². The number of hydrogen-bond donors (Lipinski definition) is 2. The molecule has 0 bridgehead atoms. The first-order valence-electron chi connectivity index (χ1n) is 12.7. The molecule has 1 aromatic heterocycles. The number of carbonyl (C=O) groups is 1. The molecule has 3 aromatic rings. The van der Waals surface area contributed by atoms with Crippen LogP contribution in [0.4, 0.5) is 23.0 Å². The fourth-order valence-corrected chi connectivity index (χ4v) is 5.48. The van der Waals surface area contributed by atoms with Gasteiger partial charge in [0.2, 0.25) is 27.8 Å². The smallest absolute Gasteiger partial charge is 0.246 e. The minimum Gasteiger partial charge on any atom is -0.437 e. The number of likely N-dealkylation sites (tertiary alicyclic amines) is 1. The molecule has 2 N–H and O–H groups in total. The number of sulfonamides is 1. The Labute approximate surface area is 238 Å². The van der Waals surface area contributed by atoms with Crippen molar-refractivity contribution in [3.05, 3.63) is 72.4 Å². The molecule has 0 atom stereocenters. The molecule has 11 nitrogen and oxygen atoms in total. The monoisotopic (exact) mass is 583 g/mol. The van der Waals surface area contributed by atoms with Gasteiger partial charge in [0.25, 0.3) is 0 Å². The van der Waals surface area contributed by atoms with Crippen LogP contribution in [0.3, 0.4) is 0 Å². The Morgan fingerprint density at radius 3 is 2.50 bits per heavy atom. The molecule has 2 saturated heterocycles. The largest absolute Gasteiger partial charge is 0.437 e. The summed E-state index contributed by atoms with van der Waals surface area (Å²) in [5.74, 6) is 1.02. The Bertz CT molecular complexity index is 1490. The lowest BCUT2D eigenvalue weighted by atomic mass is 10.1. The molecule has 5 rings (SSSR count). The van der Waals surface area contributed by atoms with Crippen LogP contribution >= 0.6 is 11.6 Å². The number of aromatic nitrogens is 2. The summed E-state index contributed by atoms with van der Waals surface area (Å²) in [5, 5.41) is 6.83. The second-order valence-corrected chi connectivity index (χ2v) is 12.0. The summed E-state index contributed by atoms with van der Waals surface area (Å²) in [7, 11) is -3.17. The molecule has 1 amide bonds. The van der Waals surface area contributed by atoms with E-state index >= 15 is 0 Å². The van der Waals surface area contributed by atoms with Gasteiger partial charge in [-0.2, -0.15) is 9.29 Å². The third-order valence-corrected chi connectivity index (χ3v) is 8.26. The van der Waals surface area contributed by atoms with Crippen molar-refractivity contribution in [2.45, 2.75) is 6.04 Å². The van der Waals surface area contributed by atoms with Crippen molar-refractivity contribution >= 4 is 50.5 Å². The SMILES string of the molecule is C=CC(=O)N1CC(Nc2cccc(Oc3nc(Nc4ccc(N5CCN(S(C)(=O)=O)CC5)cc4)ncc3Cl)c2)C1. The zero-order valence-electron chi connectivity index (χ0n) is 22.0. The summed E-state index contributed by atoms with van der Waals surface area (Å²) in [5.41, 5.74) is 2.65. The molecule has 3 heterocycles. The zero-order chi connectivity index (χ0) is 28.3. The molecular weight excluding hydrogens is 554 g/mol. The highest BCUT2D eigenvalue weighted by atomic mass is 35.5. The molecule has 0 spiro atoms. The summed E-state index contributed by atoms with van der Waals surface area (Å²) in [6, 6.07) is 15.4. The number of ether oxygens (including phenoxy) is 1. The minimum absolute atomic E-state index is 0.0705. The van der Waals surface area contributed by atoms with Gasteiger partial charge in [-0.05, 0) is 42.5 Å². The van der Waals surface area contributed by atoms with Gasteiger partial charge in [-0.3, -0.25) is 4.79 Å². The van der Waals surface area contributed by atoms with Gasteiger partial charge < -0.3 is 25.2 Å². The first kappa shape index (κ1) is 27.7. The van der Waals surface area contributed by atoms with Crippen LogP contribution in [0, 0.1) is 0 Å². The molecule has 13 heteroatoms. The maximum atomic E-state index is 11.8. The maximum Gasteiger partial charge on any atom is 0.246 e. The van der Waals surface area contributed by atoms with Crippen molar-refractivity contribution in [1.82, 2.24) is 19.2 Å². The third kappa shape index (κ3) is 6.64. The van der Waals surface area contributed by atoms with E-state index in [1.807, 2.05) is 42.5 Å². The first-order valence-corrected chi connectivity index (χ1v) is 15.0. The van der Waals surface area contributed by atoms with Crippen LogP contribution in [0.15, 0.2) is 67.4 Å². The summed E-state index contributed by atoms with van der Waals surface area (Å²) >= 11 is 6.32. The number of nitrogens with zero attached hydrogens (tertiary/aromatic N) is 5. The van der Waals surface area contributed by atoms with Crippen molar-refractivity contribution in [3.8, 4) is 11.6 Å². The van der Waals surface area contributed by atoms with Gasteiger partial charge in [-0.1, -0.05) is 24.2 Å². The van der Waals surface area contributed by atoms with E-state index in [0.717, 1.165) is 17.1 Å². The average Bonchev–Trinajstić information content (AvgIpc) is 2.92. The molecule has 0 aliphatic carbocycles. The van der Waals surface area contributed by atoms with Crippen LogP contribution in [-0.4, -0.2) is 85.1 Å². The quantitative estimate of drug-likeness (QED) is 0.364. The maximum absolute atomic E-state index is 11.8. The highest BCUT2D eigenvalue weighted by molar-refractivity contribution is 7.88. The van der Waals surface area contributed by atoms with E-state index < -0.39 is 10.0 Å². The average molecular weight is 584 g/mol. The first-order chi connectivity index (χ1) is 19.2. The lowest BCUT2D eigenvalue weighted by Gasteiger charge is -2.39. The number of carbonyl (C=O) groups excluding carboxylic acids is 1. The Balaban J connectivity index is 1.18. The van der Waals surface area contributed by atoms with E-state index in [0.29, 0.717) is 51.0 Å². The van der Waals surface area contributed by atoms with Gasteiger partial charge in [-0.15, -0.1) is 0 Å². The van der Waals surface area contributed by atoms with Crippen LogP contribution in [0.1, 0.15) is 0 Å². The van der Waals surface area contributed by atoms with Crippen molar-refractivity contribution in [3.63, 3.8) is 0 Å². The number of benzene rings is 2. The van der Waals surface area contributed by atoms with Gasteiger partial charge in [0.1, 0.15) is 10.8 Å². The number of rotatable bonds is 9. The second kappa shape index (κ2) is 11.7. The number of nitrogens with one attached hydrogen (secondary N) is 2. The van der Waals surface area contributed by atoms with E-state index in [9.17, 15) is 13.2 Å². The van der Waals surface area contributed by atoms with E-state index in [-0.39, 0.29) is 22.9 Å². The van der Waals surface area contributed by atoms with Gasteiger partial charge in [0.15, 0.2) is 0 Å². The Morgan fingerprint density at radius 1 is 1.10 bits per heavy atom. The van der Waals surface area contributed by atoms with Crippen molar-refractivity contribution in [2.75, 3.05) is 61.1 Å². The predicted molar refractivity (Wildman–Crippen MR) is 156 cm³/mol. The summed E-state index contributed by atoms with van der Waals surface area (Å²) in [4.78, 5) is 24.2. The summed E-state index contributed by atoms with van der Waals surface area (Å²) in [6.07, 6.45) is 4.04. The fraction of sp³-hybridized carbons (Fsp3) is 0.296. The molecule has 0 unspecified atom stereocenters. The van der Waals surface area contributed by atoms with Crippen LogP contribution in [-0.2, 0) is 14.8 Å². The molecule has 0 saturated carbocycles. The van der Waals surface area contributed by atoms with Crippen LogP contribution < -0.4 is 20.3 Å². The number of hydrogen-bond acceptors (Lipinski definition) is 9. The lowest BCUT2D eigenvalue weighted by molar-refractivity contribution is -0.129. The summed E-state index contributed by atoms with van der Waals surface area (Å²) in [6.45, 7) is 6.94. The van der Waals surface area contributed by atoms with E-state index in [4.69, 9.17) is 16.3 Å². The standard InChI is InChI=1S/C27H30ClN7O4S/c1-3-25(36)34-17-21(18-34)30-20-5-4-6-23(15-20)39-26-24(28)16-29-27(32-26)31-19-7-9-22(10-8-19)33-11-13-35(14-12-33)40(2,37)38/h3-10,15-16,21,30H,1,11-14,17-18H2,2H3,(H,29,31,32). The second-order valence-electron chi connectivity index (χ2n) is 9.59. The Kier molecular flexibility index (Phi) is 8.10. The normalized spacial score (nSPS) is 16.2. The predicted octanol–water partition coefficient (Wildman–Crippen LogP) is 3.56. The van der Waals surface area contributed by atoms with Crippen LogP contribution in [0.5, 0.6) is 11.6 Å². The molecule has 2 fully saturated rings. The third-order valence-electron chi connectivity index (χ3n) is 6.70. The fourth-order valence-electron chi connectivity index (χ4n) is 4.52. The number of amides is 1. The van der Waals surface area contributed by atoms with E-state index in [2.05, 4.69) is 32.1 Å². The summed E-state index contributed by atoms with van der Waals surface area (Å²) < 4.78 is 31.0. The zero-order valence-corrected chi connectivity index (χ0v) is 23.5. The van der Waals surface area contributed by atoms with E-state index in [1.165, 1.54) is 22.8 Å². The Morgan fingerprint density at radius 2 is 1.82 bits per heavy atom. The van der Waals surface area contributed by atoms with Gasteiger partial charge in [0, 0.05) is 62.4 Å². The van der Waals surface area contributed by atoms with Crippen molar-refractivity contribution < 1.29 is 17.9 Å². The van der Waals surface area contributed by atoms with Gasteiger partial charge in [-0.25, -0.2) is 13.4 Å². The highest BCUT2D eigenvalue weighted by Crippen LogP contribution is 2.30. The van der Waals surface area contributed by atoms with Gasteiger partial charge >= 0.3 is 0 Å². The van der Waals surface area contributed by atoms with Crippen LogP contribution in [0.2, 0.25) is 5.02 Å². The number of anilines is 4. The minimum atomic E-state index is -3.17. The molecule has 0 radical (unpaired) electrons. The van der Waals surface area contributed by atoms with Crippen molar-refractivity contribution in [1.29, 1.82) is 0 Å². The van der Waals surface area contributed by atoms with Gasteiger partial charge in [0.05, 0.1) is 18.5 Å². The molecular formula is C27H30ClN7O4S. The molecule has 2 aliphatic heterocycles. The molecule has 210 valence electrons. The molecule has 40 heavy (non-hydrogen) atoms. The molecule has 2 aliphatic rings. The number of piperazine rings is 1. The van der Waals surface area contributed by atoms with E-state index in [1.54, 1.807) is 11.0 Å². The number of halogens is 1. The molecule has 2 aromatic carbocycles. The Hall–Kier alpha value is -3.87. The highest BCUT2D eigenvalue weighted by Gasteiger charge is 2.29. The van der Waals surface area contributed by atoms with Crippen LogP contribution in [0.25, 0.3) is 0 Å². The van der Waals surface area contributed by atoms with Crippen molar-refractivity contribution in [2.24, 2.45) is 0 Å².